The number of anilines is 1. The minimum absolute atomic E-state index is 0.0186. The normalized spacial score (nSPS) is 17.2. The summed E-state index contributed by atoms with van der Waals surface area (Å²) in [6, 6.07) is 23.6. The number of hydrogen-bond acceptors (Lipinski definition) is 20. The molecule has 0 aliphatic carbocycles. The molecule has 0 bridgehead atoms. The SMILES string of the molecule is CCCN(/N=C/c1cc(CCOC(=O)c2ccc(OC(C)(C)CC(C)(C)OCOCC)c(OC(C)(C)CC(C)(C)OCC3CO3)c2)ccc1OC(=O)c1ccc(OC(C)(C)CC(C)(C)OCC2CO2)c(OC(C)(C)CC(C)(C)OCC2CO2)c1)c1nc2ccccc2s1. The number of carbonyl (C=O) groups excluding carboxylic acids is 2. The average molecular weight is 1310 g/mol. The molecule has 0 radical (unpaired) electrons. The number of aromatic nitrogens is 1. The first-order valence-electron chi connectivity index (χ1n) is 32.8. The molecular formula is C73H103N3O16S. The maximum Gasteiger partial charge on any atom is 0.343 e. The Bertz CT molecular complexity index is 3290. The fourth-order valence-electron chi connectivity index (χ4n) is 11.9. The second kappa shape index (κ2) is 30.4. The molecule has 3 aliphatic heterocycles. The summed E-state index contributed by atoms with van der Waals surface area (Å²) in [4.78, 5) is 33.7. The van der Waals surface area contributed by atoms with Crippen LogP contribution in [0.25, 0.3) is 10.2 Å². The smallest absolute Gasteiger partial charge is 0.343 e. The minimum atomic E-state index is -0.796. The Morgan fingerprint density at radius 1 is 0.559 bits per heavy atom. The van der Waals surface area contributed by atoms with Gasteiger partial charge in [-0.3, -0.25) is 0 Å². The molecule has 3 aliphatic rings. The number of hydrazone groups is 1. The third kappa shape index (κ3) is 24.0. The standard InChI is InChI=1S/C73H103N3O16S/c1-19-32-76(65-75-56-23-21-22-24-62(56)93-65)74-37-52-34-49(31-33-80-63(77)50-26-29-58(90-71(13,14)47-69(9,10)87-48-79-20-2)60(35-50)91-72(15,16)45-67(5,6)85-42-54-39-82-54)25-28-57(52)88-64(78)51-27-30-59(89-70(11,12)44-66(3,4)84-41-53-38-81-53)61(36-51)92-73(17,18)46-68(7,8)86-43-55-40-83-55/h21-30,34-37,53-55H,19-20,31-33,38-48H2,1-18H3/b74-37+. The predicted molar refractivity (Wildman–Crippen MR) is 361 cm³/mol. The van der Waals surface area contributed by atoms with Gasteiger partial charge >= 0.3 is 11.9 Å². The number of para-hydroxylation sites is 1. The molecule has 0 saturated carbocycles. The quantitative estimate of drug-likeness (QED) is 0.00681. The van der Waals surface area contributed by atoms with Gasteiger partial charge in [-0.1, -0.05) is 36.5 Å². The lowest BCUT2D eigenvalue weighted by Crippen LogP contribution is -2.41. The number of esters is 2. The molecule has 1 aromatic heterocycles. The van der Waals surface area contributed by atoms with E-state index in [4.69, 9.17) is 76.4 Å². The van der Waals surface area contributed by atoms with Crippen LogP contribution in [-0.4, -0.2) is 152 Å². The van der Waals surface area contributed by atoms with E-state index in [1.165, 1.54) is 0 Å². The number of thiazole rings is 1. The first-order chi connectivity index (χ1) is 43.6. The van der Waals surface area contributed by atoms with Crippen LogP contribution < -0.4 is 28.7 Å². The summed E-state index contributed by atoms with van der Waals surface area (Å²) in [6.45, 7) is 41.0. The lowest BCUT2D eigenvalue weighted by molar-refractivity contribution is -0.143. The van der Waals surface area contributed by atoms with E-state index in [-0.39, 0.29) is 48.6 Å². The van der Waals surface area contributed by atoms with Crippen molar-refractivity contribution in [3.05, 3.63) is 101 Å². The Labute approximate surface area is 555 Å². The third-order valence-electron chi connectivity index (χ3n) is 15.4. The van der Waals surface area contributed by atoms with Crippen LogP contribution in [-0.2, 0) is 49.1 Å². The van der Waals surface area contributed by atoms with Gasteiger partial charge in [-0.2, -0.15) is 5.10 Å². The molecule has 20 heteroatoms. The van der Waals surface area contributed by atoms with Gasteiger partial charge in [0, 0.05) is 50.8 Å². The molecule has 3 atom stereocenters. The van der Waals surface area contributed by atoms with Crippen molar-refractivity contribution in [3.8, 4) is 28.7 Å². The minimum Gasteiger partial charge on any atom is -0.484 e. The molecule has 3 fully saturated rings. The van der Waals surface area contributed by atoms with Crippen LogP contribution in [0.3, 0.4) is 0 Å². The van der Waals surface area contributed by atoms with Gasteiger partial charge in [-0.05, 0) is 190 Å². The summed E-state index contributed by atoms with van der Waals surface area (Å²) >= 11 is 1.54. The second-order valence-electron chi connectivity index (χ2n) is 29.5. The van der Waals surface area contributed by atoms with Gasteiger partial charge in [-0.15, -0.1) is 0 Å². The number of benzene rings is 4. The van der Waals surface area contributed by atoms with E-state index in [1.807, 2.05) is 159 Å². The number of rotatable bonds is 40. The van der Waals surface area contributed by atoms with Crippen LogP contribution in [0.4, 0.5) is 5.13 Å². The fourth-order valence-corrected chi connectivity index (χ4v) is 12.9. The van der Waals surface area contributed by atoms with Crippen LogP contribution in [0, 0.1) is 0 Å². The lowest BCUT2D eigenvalue weighted by Gasteiger charge is -2.38. The average Bonchev–Trinajstić information content (AvgIpc) is 1.73. The summed E-state index contributed by atoms with van der Waals surface area (Å²) < 4.78 is 87.4. The Kier molecular flexibility index (Phi) is 23.8. The molecule has 4 heterocycles. The highest BCUT2D eigenvalue weighted by molar-refractivity contribution is 7.22. The summed E-state index contributed by atoms with van der Waals surface area (Å²) in [6.07, 6.45) is 5.17. The molecule has 0 N–H and O–H groups in total. The van der Waals surface area contributed by atoms with Gasteiger partial charge in [0.25, 0.3) is 0 Å². The van der Waals surface area contributed by atoms with E-state index in [2.05, 4.69) is 6.92 Å². The molecule has 3 unspecified atom stereocenters. The van der Waals surface area contributed by atoms with Crippen molar-refractivity contribution in [3.63, 3.8) is 0 Å². The molecule has 3 saturated heterocycles. The molecule has 5 aromatic rings. The summed E-state index contributed by atoms with van der Waals surface area (Å²) in [5.41, 5.74) is -2.60. The highest BCUT2D eigenvalue weighted by Gasteiger charge is 2.40. The highest BCUT2D eigenvalue weighted by atomic mass is 32.1. The molecular weight excluding hydrogens is 1210 g/mol. The number of hydrogen-bond donors (Lipinski definition) is 0. The molecule has 93 heavy (non-hydrogen) atoms. The Morgan fingerprint density at radius 3 is 1.47 bits per heavy atom. The van der Waals surface area contributed by atoms with Crippen molar-refractivity contribution in [1.82, 2.24) is 4.98 Å². The highest BCUT2D eigenvalue weighted by Crippen LogP contribution is 2.42. The zero-order chi connectivity index (χ0) is 67.6. The zero-order valence-electron chi connectivity index (χ0n) is 58.4. The number of ether oxygens (including phenoxy) is 14. The number of fused-ring (bicyclic) bond motifs is 1. The van der Waals surface area contributed by atoms with E-state index in [1.54, 1.807) is 60.0 Å². The van der Waals surface area contributed by atoms with Crippen molar-refractivity contribution in [2.75, 3.05) is 71.2 Å². The van der Waals surface area contributed by atoms with Crippen LogP contribution in [0.1, 0.15) is 189 Å². The summed E-state index contributed by atoms with van der Waals surface area (Å²) in [7, 11) is 0. The van der Waals surface area contributed by atoms with Gasteiger partial charge in [0.2, 0.25) is 5.13 Å². The van der Waals surface area contributed by atoms with Gasteiger partial charge in [0.1, 0.15) is 53.3 Å². The van der Waals surface area contributed by atoms with E-state index < -0.39 is 56.7 Å². The van der Waals surface area contributed by atoms with Gasteiger partial charge in [0.15, 0.2) is 23.0 Å². The topological polar surface area (TPSA) is 202 Å². The van der Waals surface area contributed by atoms with Gasteiger partial charge in [0.05, 0.1) is 96.2 Å². The first-order valence-corrected chi connectivity index (χ1v) is 33.6. The molecule has 19 nitrogen and oxygen atoms in total. The van der Waals surface area contributed by atoms with E-state index >= 15 is 0 Å². The molecule has 0 spiro atoms. The van der Waals surface area contributed by atoms with Gasteiger partial charge < -0.3 is 66.3 Å². The third-order valence-corrected chi connectivity index (χ3v) is 16.5. The number of epoxide rings is 3. The van der Waals surface area contributed by atoms with E-state index in [0.29, 0.717) is 113 Å². The van der Waals surface area contributed by atoms with Crippen LogP contribution in [0.15, 0.2) is 84.0 Å². The first kappa shape index (κ1) is 72.9. The zero-order valence-corrected chi connectivity index (χ0v) is 59.2. The van der Waals surface area contributed by atoms with Crippen LogP contribution in [0.2, 0.25) is 0 Å². The van der Waals surface area contributed by atoms with Crippen molar-refractivity contribution in [2.45, 2.75) is 226 Å². The molecule has 0 amide bonds. The Balaban J connectivity index is 1.05. The number of carbonyl (C=O) groups is 2. The fraction of sp³-hybridized carbons (Fsp3) is 0.616. The largest absolute Gasteiger partial charge is 0.484 e. The second-order valence-corrected chi connectivity index (χ2v) is 30.6. The Morgan fingerprint density at radius 2 is 1.01 bits per heavy atom. The van der Waals surface area contributed by atoms with E-state index in [9.17, 15) is 9.59 Å². The monoisotopic (exact) mass is 1310 g/mol. The van der Waals surface area contributed by atoms with Crippen molar-refractivity contribution in [1.29, 1.82) is 0 Å². The van der Waals surface area contributed by atoms with E-state index in [0.717, 1.165) is 27.3 Å². The van der Waals surface area contributed by atoms with Gasteiger partial charge in [-0.25, -0.2) is 19.6 Å². The summed E-state index contributed by atoms with van der Waals surface area (Å²) in [5.74, 6) is 0.702. The number of nitrogens with zero attached hydrogens (tertiary/aromatic N) is 3. The molecule has 8 rings (SSSR count). The van der Waals surface area contributed by atoms with Crippen molar-refractivity contribution < 1.29 is 75.9 Å². The maximum absolute atomic E-state index is 14.7. The predicted octanol–water partition coefficient (Wildman–Crippen LogP) is 14.7. The molecule has 512 valence electrons. The maximum atomic E-state index is 14.7. The lowest BCUT2D eigenvalue weighted by atomic mass is 9.91. The Hall–Kier alpha value is -5.94. The van der Waals surface area contributed by atoms with Crippen LogP contribution in [0.5, 0.6) is 28.7 Å². The van der Waals surface area contributed by atoms with Crippen molar-refractivity contribution in [2.24, 2.45) is 5.10 Å². The van der Waals surface area contributed by atoms with Crippen LogP contribution >= 0.6 is 11.3 Å². The summed E-state index contributed by atoms with van der Waals surface area (Å²) in [5, 5.41) is 7.55. The molecule has 4 aromatic carbocycles. The van der Waals surface area contributed by atoms with Crippen molar-refractivity contribution >= 4 is 44.8 Å².